The van der Waals surface area contributed by atoms with Gasteiger partial charge in [-0.2, -0.15) is 0 Å². The first-order valence-electron chi connectivity index (χ1n) is 8.92. The number of nitrogens with one attached hydrogen (secondary N) is 2. The molecule has 1 aliphatic rings. The highest BCUT2D eigenvalue weighted by molar-refractivity contribution is 6.30. The first-order valence-corrected chi connectivity index (χ1v) is 9.30. The average Bonchev–Trinajstić information content (AvgIpc) is 2.98. The summed E-state index contributed by atoms with van der Waals surface area (Å²) in [5.41, 5.74) is 4.35. The lowest BCUT2D eigenvalue weighted by atomic mass is 10.1. The van der Waals surface area contributed by atoms with Crippen LogP contribution in [0.5, 0.6) is 0 Å². The first kappa shape index (κ1) is 20.5. The number of carbonyl (C=O) groups excluding carboxylic acids is 1. The molecule has 0 spiro atoms. The number of aromatic amines is 1. The summed E-state index contributed by atoms with van der Waals surface area (Å²) < 4.78 is 5.36. The van der Waals surface area contributed by atoms with Crippen molar-refractivity contribution in [3.05, 3.63) is 52.3 Å². The van der Waals surface area contributed by atoms with Crippen LogP contribution in [0.15, 0.2) is 30.5 Å². The molecule has 1 amide bonds. The van der Waals surface area contributed by atoms with Gasteiger partial charge in [0, 0.05) is 41.1 Å². The molecule has 0 saturated carbocycles. The van der Waals surface area contributed by atoms with Gasteiger partial charge in [-0.3, -0.25) is 4.79 Å². The number of hydrogen-bond donors (Lipinski definition) is 2. The van der Waals surface area contributed by atoms with Crippen molar-refractivity contribution < 1.29 is 9.53 Å². The Hall–Kier alpha value is -2.28. The fourth-order valence-corrected chi connectivity index (χ4v) is 3.58. The Balaban J connectivity index is 0.00000225. The van der Waals surface area contributed by atoms with E-state index in [0.717, 1.165) is 27.8 Å². The van der Waals surface area contributed by atoms with Crippen LogP contribution < -0.4 is 5.32 Å². The molecule has 1 aliphatic heterocycles. The number of fused-ring (bicyclic) bond motifs is 1. The first-order chi connectivity index (χ1) is 13.0. The Morgan fingerprint density at radius 3 is 2.75 bits per heavy atom. The lowest BCUT2D eigenvalue weighted by molar-refractivity contribution is 0.0304. The Labute approximate surface area is 174 Å². The van der Waals surface area contributed by atoms with Crippen molar-refractivity contribution in [2.24, 2.45) is 0 Å². The fraction of sp³-hybridized carbons (Fsp3) is 0.300. The largest absolute Gasteiger partial charge is 0.378 e. The molecule has 2 N–H and O–H groups in total. The van der Waals surface area contributed by atoms with Gasteiger partial charge in [-0.05, 0) is 37.6 Å². The molecule has 0 aliphatic carbocycles. The summed E-state index contributed by atoms with van der Waals surface area (Å²) in [4.78, 5) is 22.8. The number of pyridine rings is 1. The topological polar surface area (TPSA) is 70.2 Å². The van der Waals surface area contributed by atoms with Crippen molar-refractivity contribution in [3.8, 4) is 0 Å². The molecule has 3 aromatic rings. The van der Waals surface area contributed by atoms with Gasteiger partial charge in [0.2, 0.25) is 0 Å². The van der Waals surface area contributed by atoms with Crippen molar-refractivity contribution in [1.82, 2.24) is 14.9 Å². The van der Waals surface area contributed by atoms with Crippen LogP contribution in [0, 0.1) is 13.8 Å². The van der Waals surface area contributed by atoms with Gasteiger partial charge in [-0.25, -0.2) is 4.98 Å². The van der Waals surface area contributed by atoms with Crippen LogP contribution in [0.3, 0.4) is 0 Å². The second-order valence-corrected chi connectivity index (χ2v) is 7.12. The number of rotatable bonds is 3. The van der Waals surface area contributed by atoms with Crippen LogP contribution in [0.1, 0.15) is 21.6 Å². The van der Waals surface area contributed by atoms with Crippen LogP contribution in [-0.2, 0) is 4.74 Å². The predicted molar refractivity (Wildman–Crippen MR) is 114 cm³/mol. The number of aromatic nitrogens is 2. The third kappa shape index (κ3) is 3.81. The molecule has 1 fully saturated rings. The highest BCUT2D eigenvalue weighted by Gasteiger charge is 2.24. The molecule has 0 atom stereocenters. The second-order valence-electron chi connectivity index (χ2n) is 6.69. The number of ether oxygens (including phenoxy) is 1. The van der Waals surface area contributed by atoms with E-state index in [1.165, 1.54) is 0 Å². The quantitative estimate of drug-likeness (QED) is 0.655. The number of benzene rings is 1. The summed E-state index contributed by atoms with van der Waals surface area (Å²) in [7, 11) is 0. The maximum atomic E-state index is 13.1. The molecule has 28 heavy (non-hydrogen) atoms. The zero-order valence-corrected chi connectivity index (χ0v) is 17.3. The van der Waals surface area contributed by atoms with E-state index >= 15 is 0 Å². The summed E-state index contributed by atoms with van der Waals surface area (Å²) >= 11 is 6.08. The molecule has 1 aromatic carbocycles. The molecule has 0 bridgehead atoms. The van der Waals surface area contributed by atoms with E-state index in [-0.39, 0.29) is 18.3 Å². The van der Waals surface area contributed by atoms with Gasteiger partial charge in [0.15, 0.2) is 5.82 Å². The zero-order valence-electron chi connectivity index (χ0n) is 15.7. The van der Waals surface area contributed by atoms with Crippen molar-refractivity contribution >= 4 is 52.3 Å². The minimum absolute atomic E-state index is 0. The normalized spacial score (nSPS) is 14.0. The van der Waals surface area contributed by atoms with E-state index in [4.69, 9.17) is 16.3 Å². The molecule has 8 heteroatoms. The minimum atomic E-state index is -0.00722. The number of morpholine rings is 1. The standard InChI is InChI=1S/C20H21ClN4O2.ClH/c1-12-13(2)23-18-17(12)16(20(26)25-6-8-27-9-7-25)11-22-19(18)24-15-5-3-4-14(21)10-15;/h3-5,10-11,23H,6-9H2,1-2H3,(H,22,24);1H. The van der Waals surface area contributed by atoms with Gasteiger partial charge in [-0.1, -0.05) is 17.7 Å². The van der Waals surface area contributed by atoms with E-state index in [0.29, 0.717) is 42.7 Å². The summed E-state index contributed by atoms with van der Waals surface area (Å²) in [5.74, 6) is 0.661. The molecule has 2 aromatic heterocycles. The van der Waals surface area contributed by atoms with Gasteiger partial charge in [-0.15, -0.1) is 12.4 Å². The van der Waals surface area contributed by atoms with Crippen molar-refractivity contribution in [1.29, 1.82) is 0 Å². The van der Waals surface area contributed by atoms with Crippen molar-refractivity contribution in [2.75, 3.05) is 31.6 Å². The Morgan fingerprint density at radius 2 is 2.04 bits per heavy atom. The number of hydrogen-bond acceptors (Lipinski definition) is 4. The third-order valence-electron chi connectivity index (χ3n) is 4.94. The number of nitrogens with zero attached hydrogens (tertiary/aromatic N) is 2. The molecule has 3 heterocycles. The molecule has 148 valence electrons. The van der Waals surface area contributed by atoms with Crippen LogP contribution in [0.4, 0.5) is 11.5 Å². The van der Waals surface area contributed by atoms with Crippen molar-refractivity contribution in [2.45, 2.75) is 13.8 Å². The van der Waals surface area contributed by atoms with Gasteiger partial charge in [0.1, 0.15) is 0 Å². The lowest BCUT2D eigenvalue weighted by Crippen LogP contribution is -2.40. The SMILES string of the molecule is Cc1[nH]c2c(Nc3cccc(Cl)c3)ncc(C(=O)N3CCOCC3)c2c1C.Cl. The van der Waals surface area contributed by atoms with Crippen LogP contribution in [-0.4, -0.2) is 47.1 Å². The summed E-state index contributed by atoms with van der Waals surface area (Å²) in [5, 5.41) is 4.86. The molecular formula is C20H22Cl2N4O2. The zero-order chi connectivity index (χ0) is 19.0. The van der Waals surface area contributed by atoms with Gasteiger partial charge < -0.3 is 19.9 Å². The van der Waals surface area contributed by atoms with E-state index in [9.17, 15) is 4.79 Å². The summed E-state index contributed by atoms with van der Waals surface area (Å²) in [6.45, 7) is 6.37. The number of H-pyrrole nitrogens is 1. The third-order valence-corrected chi connectivity index (χ3v) is 5.18. The smallest absolute Gasteiger partial charge is 0.256 e. The lowest BCUT2D eigenvalue weighted by Gasteiger charge is -2.27. The molecule has 6 nitrogen and oxygen atoms in total. The summed E-state index contributed by atoms with van der Waals surface area (Å²) in [6, 6.07) is 7.46. The molecular weight excluding hydrogens is 399 g/mol. The number of halogens is 2. The molecule has 0 radical (unpaired) electrons. The second kappa shape index (κ2) is 8.39. The van der Waals surface area contributed by atoms with E-state index < -0.39 is 0 Å². The Bertz CT molecular complexity index is 1010. The van der Waals surface area contributed by atoms with Crippen molar-refractivity contribution in [3.63, 3.8) is 0 Å². The minimum Gasteiger partial charge on any atom is -0.378 e. The Morgan fingerprint density at radius 1 is 1.29 bits per heavy atom. The van der Waals surface area contributed by atoms with Crippen LogP contribution in [0.2, 0.25) is 5.02 Å². The number of amides is 1. The fourth-order valence-electron chi connectivity index (χ4n) is 3.39. The van der Waals surface area contributed by atoms with Gasteiger partial charge >= 0.3 is 0 Å². The van der Waals surface area contributed by atoms with E-state index in [1.54, 1.807) is 6.20 Å². The predicted octanol–water partition coefficient (Wildman–Crippen LogP) is 4.47. The number of anilines is 2. The maximum Gasteiger partial charge on any atom is 0.256 e. The van der Waals surface area contributed by atoms with E-state index in [2.05, 4.69) is 15.3 Å². The van der Waals surface area contributed by atoms with E-state index in [1.807, 2.05) is 43.0 Å². The summed E-state index contributed by atoms with van der Waals surface area (Å²) in [6.07, 6.45) is 1.66. The maximum absolute atomic E-state index is 13.1. The number of carbonyl (C=O) groups is 1. The Kier molecular flexibility index (Phi) is 6.13. The van der Waals surface area contributed by atoms with Gasteiger partial charge in [0.05, 0.1) is 24.3 Å². The monoisotopic (exact) mass is 420 g/mol. The average molecular weight is 421 g/mol. The van der Waals surface area contributed by atoms with Gasteiger partial charge in [0.25, 0.3) is 5.91 Å². The number of aryl methyl sites for hydroxylation is 2. The molecule has 4 rings (SSSR count). The molecule has 1 saturated heterocycles. The van der Waals surface area contributed by atoms with Crippen LogP contribution in [0.25, 0.3) is 10.9 Å². The molecule has 0 unspecified atom stereocenters. The highest BCUT2D eigenvalue weighted by Crippen LogP contribution is 2.32. The highest BCUT2D eigenvalue weighted by atomic mass is 35.5. The van der Waals surface area contributed by atoms with Crippen LogP contribution >= 0.6 is 24.0 Å².